The summed E-state index contributed by atoms with van der Waals surface area (Å²) in [5.74, 6) is -0.229. The Morgan fingerprint density at radius 3 is 2.38 bits per heavy atom. The van der Waals surface area contributed by atoms with E-state index in [9.17, 15) is 9.36 Å². The predicted molar refractivity (Wildman–Crippen MR) is 147 cm³/mol. The van der Waals surface area contributed by atoms with Crippen LogP contribution in [0.5, 0.6) is 0 Å². The minimum atomic E-state index is -3.61. The summed E-state index contributed by atoms with van der Waals surface area (Å²) >= 11 is 6.39. The summed E-state index contributed by atoms with van der Waals surface area (Å²) in [5.41, 5.74) is 2.38. The fraction of sp³-hybridized carbons (Fsp3) is 0.462. The summed E-state index contributed by atoms with van der Waals surface area (Å²) in [6, 6.07) is 10.1. The average molecular weight is 576 g/mol. The van der Waals surface area contributed by atoms with Crippen LogP contribution in [0.25, 0.3) is 0 Å². The van der Waals surface area contributed by atoms with Crippen LogP contribution in [0.4, 0.5) is 5.69 Å². The number of benzene rings is 1. The van der Waals surface area contributed by atoms with E-state index in [1.165, 1.54) is 7.11 Å². The highest BCUT2D eigenvalue weighted by molar-refractivity contribution is 7.54. The second kappa shape index (κ2) is 12.7. The van der Waals surface area contributed by atoms with Gasteiger partial charge < -0.3 is 18.7 Å². The molecule has 0 radical (unpaired) electrons. The van der Waals surface area contributed by atoms with Crippen molar-refractivity contribution in [2.75, 3.05) is 59.7 Å². The Bertz CT molecular complexity index is 1260. The molecule has 1 aromatic carbocycles. The third-order valence-electron chi connectivity index (χ3n) is 6.67. The molecule has 0 N–H and O–H groups in total. The van der Waals surface area contributed by atoms with Crippen LogP contribution in [0.15, 0.2) is 52.6 Å². The van der Waals surface area contributed by atoms with Crippen LogP contribution in [-0.4, -0.2) is 97.7 Å². The first-order chi connectivity index (χ1) is 19.0. The SMILES string of the molecule is COC(=O)CC[C@@H]1N=C(c2ccccn2)c2cc(Cl)ccc2N=C1OP(=O)(N1CCOCC1)N1CCOCC1. The number of rotatable bonds is 7. The predicted octanol–water partition coefficient (Wildman–Crippen LogP) is 3.73. The number of hydrogen-bond donors (Lipinski definition) is 0. The van der Waals surface area contributed by atoms with Crippen molar-refractivity contribution in [3.63, 3.8) is 0 Å². The maximum atomic E-state index is 14.8. The first-order valence-electron chi connectivity index (χ1n) is 12.9. The number of pyridine rings is 1. The fourth-order valence-corrected chi connectivity index (χ4v) is 7.14. The molecule has 0 unspecified atom stereocenters. The van der Waals surface area contributed by atoms with Crippen molar-refractivity contribution in [1.29, 1.82) is 0 Å². The zero-order valence-corrected chi connectivity index (χ0v) is 23.4. The van der Waals surface area contributed by atoms with Gasteiger partial charge in [-0.3, -0.25) is 14.8 Å². The van der Waals surface area contributed by atoms with Crippen LogP contribution >= 0.6 is 19.3 Å². The highest BCUT2D eigenvalue weighted by atomic mass is 35.5. The van der Waals surface area contributed by atoms with Gasteiger partial charge in [-0.1, -0.05) is 17.7 Å². The molecule has 1 aromatic heterocycles. The van der Waals surface area contributed by atoms with Crippen molar-refractivity contribution in [1.82, 2.24) is 14.3 Å². The van der Waals surface area contributed by atoms with Crippen LogP contribution in [0.2, 0.25) is 5.02 Å². The van der Waals surface area contributed by atoms with Crippen LogP contribution in [0.3, 0.4) is 0 Å². The quantitative estimate of drug-likeness (QED) is 0.360. The van der Waals surface area contributed by atoms with Gasteiger partial charge >= 0.3 is 13.6 Å². The minimum absolute atomic E-state index is 0.0685. The van der Waals surface area contributed by atoms with E-state index >= 15 is 0 Å². The van der Waals surface area contributed by atoms with Crippen LogP contribution < -0.4 is 0 Å². The molecule has 11 nitrogen and oxygen atoms in total. The van der Waals surface area contributed by atoms with Crippen LogP contribution in [-0.2, 0) is 28.1 Å². The minimum Gasteiger partial charge on any atom is -0.469 e. The number of morpholine rings is 2. The molecule has 0 amide bonds. The van der Waals surface area contributed by atoms with E-state index in [0.29, 0.717) is 80.3 Å². The number of carbonyl (C=O) groups is 1. The summed E-state index contributed by atoms with van der Waals surface area (Å²) in [7, 11) is -2.27. The third-order valence-corrected chi connectivity index (χ3v) is 9.56. The van der Waals surface area contributed by atoms with Crippen molar-refractivity contribution in [3.8, 4) is 0 Å². The topological polar surface area (TPSA) is 115 Å². The van der Waals surface area contributed by atoms with Crippen molar-refractivity contribution in [3.05, 3.63) is 58.9 Å². The Morgan fingerprint density at radius 2 is 1.77 bits per heavy atom. The molecular weight excluding hydrogens is 545 g/mol. The number of carbonyl (C=O) groups excluding carboxylic acids is 1. The summed E-state index contributed by atoms with van der Waals surface area (Å²) < 4.78 is 41.0. The molecule has 39 heavy (non-hydrogen) atoms. The van der Waals surface area contributed by atoms with Gasteiger partial charge in [0.25, 0.3) is 0 Å². The largest absolute Gasteiger partial charge is 0.469 e. The number of fused-ring (bicyclic) bond motifs is 1. The number of ether oxygens (including phenoxy) is 3. The van der Waals surface area contributed by atoms with Crippen molar-refractivity contribution >= 4 is 42.5 Å². The highest BCUT2D eigenvalue weighted by Crippen LogP contribution is 2.55. The molecule has 2 fully saturated rings. The zero-order valence-electron chi connectivity index (χ0n) is 21.7. The van der Waals surface area contributed by atoms with Crippen molar-refractivity contribution < 1.29 is 28.1 Å². The summed E-state index contributed by atoms with van der Waals surface area (Å²) in [6.07, 6.45) is 1.98. The average Bonchev–Trinajstić information content (AvgIpc) is 3.13. The van der Waals surface area contributed by atoms with Gasteiger partial charge in [-0.05, 0) is 36.8 Å². The molecule has 208 valence electrons. The Morgan fingerprint density at radius 1 is 1.08 bits per heavy atom. The van der Waals surface area contributed by atoms with Gasteiger partial charge in [0.2, 0.25) is 5.90 Å². The lowest BCUT2D eigenvalue weighted by atomic mass is 10.0. The normalized spacial score (nSPS) is 20.8. The molecule has 0 aliphatic carbocycles. The van der Waals surface area contributed by atoms with Gasteiger partial charge in [0.1, 0.15) is 6.04 Å². The Balaban J connectivity index is 1.61. The van der Waals surface area contributed by atoms with Gasteiger partial charge in [-0.2, -0.15) is 0 Å². The summed E-state index contributed by atoms with van der Waals surface area (Å²) in [5, 5.41) is 0.510. The standard InChI is InChI=1S/C26H31ClN5O6P/c1-35-24(33)8-7-23-26(38-39(34,31-10-14-36-15-11-31)32-12-16-37-17-13-32)30-21-6-5-19(27)18-20(21)25(29-23)22-4-2-3-9-28-22/h2-6,9,18,23H,7-8,10-17H2,1H3/t23-/m0/s1. The molecule has 0 saturated carbocycles. The van der Waals surface area contributed by atoms with E-state index in [1.807, 2.05) is 27.5 Å². The number of hydrogen-bond acceptors (Lipinski definition) is 9. The molecule has 2 aromatic rings. The Labute approximate surface area is 232 Å². The molecule has 1 atom stereocenters. The van der Waals surface area contributed by atoms with E-state index in [1.54, 1.807) is 24.4 Å². The summed E-state index contributed by atoms with van der Waals surface area (Å²) in [4.78, 5) is 26.6. The fourth-order valence-electron chi connectivity index (χ4n) is 4.63. The Hall–Kier alpha value is -2.66. The number of methoxy groups -OCH3 is 1. The maximum Gasteiger partial charge on any atom is 0.397 e. The molecule has 0 bridgehead atoms. The van der Waals surface area contributed by atoms with Gasteiger partial charge in [-0.25, -0.2) is 18.9 Å². The molecule has 3 aliphatic rings. The molecular formula is C26H31ClN5O6P. The van der Waals surface area contributed by atoms with Crippen LogP contribution in [0.1, 0.15) is 24.1 Å². The smallest absolute Gasteiger partial charge is 0.397 e. The monoisotopic (exact) mass is 575 g/mol. The molecule has 4 heterocycles. The molecule has 13 heteroatoms. The van der Waals surface area contributed by atoms with Crippen molar-refractivity contribution in [2.45, 2.75) is 18.9 Å². The third kappa shape index (κ3) is 6.40. The summed E-state index contributed by atoms with van der Waals surface area (Å²) in [6.45, 7) is 3.57. The van der Waals surface area contributed by atoms with E-state index in [2.05, 4.69) is 4.98 Å². The molecule has 0 spiro atoms. The number of halogens is 1. The van der Waals surface area contributed by atoms with Gasteiger partial charge in [0.05, 0.1) is 50.6 Å². The number of esters is 1. The van der Waals surface area contributed by atoms with Gasteiger partial charge in [0, 0.05) is 49.4 Å². The lowest BCUT2D eigenvalue weighted by Crippen LogP contribution is -2.44. The van der Waals surface area contributed by atoms with E-state index < -0.39 is 19.7 Å². The first-order valence-corrected chi connectivity index (χ1v) is 14.8. The van der Waals surface area contributed by atoms with E-state index in [-0.39, 0.29) is 18.7 Å². The Kier molecular flexibility index (Phi) is 9.06. The van der Waals surface area contributed by atoms with Gasteiger partial charge in [-0.15, -0.1) is 0 Å². The van der Waals surface area contributed by atoms with Gasteiger partial charge in [0.15, 0.2) is 0 Å². The second-order valence-corrected chi connectivity index (χ2v) is 11.9. The second-order valence-electron chi connectivity index (χ2n) is 9.15. The first kappa shape index (κ1) is 27.9. The van der Waals surface area contributed by atoms with Crippen LogP contribution in [0, 0.1) is 0 Å². The lowest BCUT2D eigenvalue weighted by molar-refractivity contribution is -0.140. The highest BCUT2D eigenvalue weighted by Gasteiger charge is 2.44. The molecule has 3 aliphatic heterocycles. The number of aliphatic imine (C=N–C) groups is 2. The van der Waals surface area contributed by atoms with E-state index in [0.717, 1.165) is 0 Å². The molecule has 5 rings (SSSR count). The number of nitrogens with zero attached hydrogens (tertiary/aromatic N) is 5. The zero-order chi connectivity index (χ0) is 27.2. The van der Waals surface area contributed by atoms with Crippen molar-refractivity contribution in [2.24, 2.45) is 9.98 Å². The molecule has 2 saturated heterocycles. The van der Waals surface area contributed by atoms with E-state index in [4.69, 9.17) is 40.3 Å². The lowest BCUT2D eigenvalue weighted by Gasteiger charge is -2.41. The maximum absolute atomic E-state index is 14.8. The number of aromatic nitrogens is 1.